The van der Waals surface area contributed by atoms with Gasteiger partial charge in [0.1, 0.15) is 5.69 Å². The second-order valence-corrected chi connectivity index (χ2v) is 5.28. The summed E-state index contributed by atoms with van der Waals surface area (Å²) in [6.07, 6.45) is 5.13. The maximum Gasteiger partial charge on any atom is 0.196 e. The summed E-state index contributed by atoms with van der Waals surface area (Å²) in [6, 6.07) is 0.517. The zero-order valence-corrected chi connectivity index (χ0v) is 11.0. The van der Waals surface area contributed by atoms with E-state index in [2.05, 4.69) is 9.88 Å². The van der Waals surface area contributed by atoms with Crippen LogP contribution in [0.15, 0.2) is 11.6 Å². The van der Waals surface area contributed by atoms with Crippen LogP contribution in [0.4, 0.5) is 5.82 Å². The van der Waals surface area contributed by atoms with E-state index in [4.69, 9.17) is 4.74 Å². The zero-order valence-electron chi connectivity index (χ0n) is 10.2. The highest BCUT2D eigenvalue weighted by atomic mass is 32.1. The van der Waals surface area contributed by atoms with E-state index in [0.29, 0.717) is 18.3 Å². The monoisotopic (exact) mass is 265 g/mol. The van der Waals surface area contributed by atoms with Gasteiger partial charge in [0.05, 0.1) is 6.61 Å². The molecule has 0 aromatic carbocycles. The lowest BCUT2D eigenvalue weighted by Crippen LogP contribution is -2.30. The quantitative estimate of drug-likeness (QED) is 0.748. The van der Waals surface area contributed by atoms with Gasteiger partial charge >= 0.3 is 0 Å². The number of hydrogen-bond donors (Lipinski definition) is 0. The van der Waals surface area contributed by atoms with Crippen molar-refractivity contribution in [3.8, 4) is 0 Å². The van der Waals surface area contributed by atoms with Crippen molar-refractivity contribution >= 4 is 28.4 Å². The van der Waals surface area contributed by atoms with Crippen molar-refractivity contribution in [2.75, 3.05) is 25.2 Å². The fourth-order valence-corrected chi connectivity index (χ4v) is 2.87. The van der Waals surface area contributed by atoms with E-state index in [0.717, 1.165) is 23.6 Å². The smallest absolute Gasteiger partial charge is 0.196 e. The number of fused-ring (bicyclic) bond motifs is 1. The highest BCUT2D eigenvalue weighted by molar-refractivity contribution is 7.15. The summed E-state index contributed by atoms with van der Waals surface area (Å²) >= 11 is 1.55. The van der Waals surface area contributed by atoms with Crippen molar-refractivity contribution in [3.05, 3.63) is 17.3 Å². The Kier molecular flexibility index (Phi) is 3.05. The number of ether oxygens (including phenoxy) is 1. The Morgan fingerprint density at radius 1 is 1.67 bits per heavy atom. The SMILES string of the molecule is COCCN(c1nc2sccn2c1C=O)C1CC1. The van der Waals surface area contributed by atoms with Crippen LogP contribution in [0.2, 0.25) is 0 Å². The first-order valence-electron chi connectivity index (χ1n) is 6.01. The molecule has 0 bridgehead atoms. The average Bonchev–Trinajstić information content (AvgIpc) is 3.00. The standard InChI is InChI=1S/C12H15N3O2S/c1-17-6-4-14(9-2-3-9)11-10(8-16)15-5-7-18-12(15)13-11/h5,7-9H,2-4,6H2,1H3. The Balaban J connectivity index is 1.99. The molecule has 2 aromatic rings. The minimum absolute atomic E-state index is 0.517. The van der Waals surface area contributed by atoms with Crippen molar-refractivity contribution < 1.29 is 9.53 Å². The largest absolute Gasteiger partial charge is 0.383 e. The molecule has 1 fully saturated rings. The van der Waals surface area contributed by atoms with Crippen LogP contribution in [-0.2, 0) is 4.74 Å². The Morgan fingerprint density at radius 3 is 3.17 bits per heavy atom. The molecule has 3 rings (SSSR count). The molecule has 1 aliphatic carbocycles. The molecule has 1 aliphatic rings. The van der Waals surface area contributed by atoms with Crippen LogP contribution < -0.4 is 4.90 Å². The number of nitrogens with zero attached hydrogens (tertiary/aromatic N) is 3. The Labute approximate surface area is 109 Å². The van der Waals surface area contributed by atoms with Crippen LogP contribution in [0.1, 0.15) is 23.3 Å². The first-order valence-corrected chi connectivity index (χ1v) is 6.89. The van der Waals surface area contributed by atoms with Crippen molar-refractivity contribution in [2.45, 2.75) is 18.9 Å². The van der Waals surface area contributed by atoms with Crippen molar-refractivity contribution in [1.82, 2.24) is 9.38 Å². The van der Waals surface area contributed by atoms with Crippen LogP contribution in [0.25, 0.3) is 4.96 Å². The first-order chi connectivity index (χ1) is 8.85. The van der Waals surface area contributed by atoms with Gasteiger partial charge in [0.15, 0.2) is 17.1 Å². The molecule has 2 heterocycles. The summed E-state index contributed by atoms with van der Waals surface area (Å²) in [4.78, 5) is 19.0. The van der Waals surface area contributed by atoms with E-state index < -0.39 is 0 Å². The average molecular weight is 265 g/mol. The third-order valence-corrected chi connectivity index (χ3v) is 3.94. The highest BCUT2D eigenvalue weighted by Gasteiger charge is 2.32. The Morgan fingerprint density at radius 2 is 2.50 bits per heavy atom. The van der Waals surface area contributed by atoms with E-state index >= 15 is 0 Å². The van der Waals surface area contributed by atoms with Crippen LogP contribution >= 0.6 is 11.3 Å². The fourth-order valence-electron chi connectivity index (χ4n) is 2.15. The molecule has 2 aromatic heterocycles. The number of methoxy groups -OCH3 is 1. The minimum atomic E-state index is 0.517. The van der Waals surface area contributed by atoms with Crippen molar-refractivity contribution in [1.29, 1.82) is 0 Å². The van der Waals surface area contributed by atoms with Gasteiger partial charge in [-0.3, -0.25) is 9.20 Å². The first kappa shape index (κ1) is 11.7. The van der Waals surface area contributed by atoms with Crippen LogP contribution in [0.3, 0.4) is 0 Å². The molecule has 1 saturated carbocycles. The van der Waals surface area contributed by atoms with Crippen molar-refractivity contribution in [3.63, 3.8) is 0 Å². The lowest BCUT2D eigenvalue weighted by molar-refractivity contribution is 0.111. The molecular formula is C12H15N3O2S. The number of anilines is 1. The molecule has 0 aliphatic heterocycles. The fraction of sp³-hybridized carbons (Fsp3) is 0.500. The lowest BCUT2D eigenvalue weighted by atomic mass is 10.4. The Hall–Kier alpha value is -1.40. The van der Waals surface area contributed by atoms with E-state index in [1.165, 1.54) is 12.8 Å². The van der Waals surface area contributed by atoms with Gasteiger partial charge in [-0.15, -0.1) is 11.3 Å². The topological polar surface area (TPSA) is 46.8 Å². The van der Waals surface area contributed by atoms with Crippen LogP contribution in [0.5, 0.6) is 0 Å². The lowest BCUT2D eigenvalue weighted by Gasteiger charge is -2.22. The second-order valence-electron chi connectivity index (χ2n) is 4.41. The van der Waals surface area contributed by atoms with Crippen LogP contribution in [0, 0.1) is 0 Å². The predicted molar refractivity (Wildman–Crippen MR) is 70.7 cm³/mol. The maximum atomic E-state index is 11.3. The molecule has 0 amide bonds. The highest BCUT2D eigenvalue weighted by Crippen LogP contribution is 2.33. The molecule has 6 heteroatoms. The third kappa shape index (κ3) is 1.91. The number of imidazole rings is 1. The number of thiazole rings is 1. The number of aromatic nitrogens is 2. The molecule has 0 radical (unpaired) electrons. The number of rotatable bonds is 6. The number of aldehydes is 1. The third-order valence-electron chi connectivity index (χ3n) is 3.19. The predicted octanol–water partition coefficient (Wildman–Crippen LogP) is 1.82. The summed E-state index contributed by atoms with van der Waals surface area (Å²) in [5, 5.41) is 1.94. The molecule has 0 unspecified atom stereocenters. The molecular weight excluding hydrogens is 250 g/mol. The van der Waals surface area contributed by atoms with Crippen LogP contribution in [-0.4, -0.2) is 42.0 Å². The maximum absolute atomic E-state index is 11.3. The number of carbonyl (C=O) groups is 1. The van der Waals surface area contributed by atoms with Crippen molar-refractivity contribution in [2.24, 2.45) is 0 Å². The zero-order chi connectivity index (χ0) is 12.5. The van der Waals surface area contributed by atoms with Gasteiger partial charge in [-0.1, -0.05) is 0 Å². The number of carbonyl (C=O) groups excluding carboxylic acids is 1. The van der Waals surface area contributed by atoms with Gasteiger partial charge in [-0.2, -0.15) is 0 Å². The number of hydrogen-bond acceptors (Lipinski definition) is 5. The summed E-state index contributed by atoms with van der Waals surface area (Å²) in [5.41, 5.74) is 0.647. The molecule has 5 nitrogen and oxygen atoms in total. The van der Waals surface area contributed by atoms with Gasteiger partial charge in [0, 0.05) is 31.3 Å². The summed E-state index contributed by atoms with van der Waals surface area (Å²) in [5.74, 6) is 0.802. The van der Waals surface area contributed by atoms with E-state index in [9.17, 15) is 4.79 Å². The van der Waals surface area contributed by atoms with Gasteiger partial charge in [0.2, 0.25) is 0 Å². The van der Waals surface area contributed by atoms with E-state index in [1.807, 2.05) is 16.0 Å². The van der Waals surface area contributed by atoms with Gasteiger partial charge in [-0.05, 0) is 12.8 Å². The molecule has 18 heavy (non-hydrogen) atoms. The van der Waals surface area contributed by atoms with E-state index in [-0.39, 0.29) is 0 Å². The molecule has 0 saturated heterocycles. The molecule has 96 valence electrons. The molecule has 0 spiro atoms. The minimum Gasteiger partial charge on any atom is -0.383 e. The molecule has 0 atom stereocenters. The van der Waals surface area contributed by atoms with Gasteiger partial charge < -0.3 is 9.64 Å². The van der Waals surface area contributed by atoms with Gasteiger partial charge in [0.25, 0.3) is 0 Å². The summed E-state index contributed by atoms with van der Waals surface area (Å²) < 4.78 is 7.00. The van der Waals surface area contributed by atoms with Gasteiger partial charge in [-0.25, -0.2) is 4.98 Å². The second kappa shape index (κ2) is 4.70. The summed E-state index contributed by atoms with van der Waals surface area (Å²) in [7, 11) is 1.69. The molecule has 0 N–H and O–H groups in total. The normalized spacial score (nSPS) is 15.2. The Bertz CT molecular complexity index is 559. The van der Waals surface area contributed by atoms with E-state index in [1.54, 1.807) is 18.4 Å². The summed E-state index contributed by atoms with van der Waals surface area (Å²) in [6.45, 7) is 1.44.